The maximum absolute atomic E-state index is 6.45. The lowest BCUT2D eigenvalue weighted by atomic mass is 10.0. The summed E-state index contributed by atoms with van der Waals surface area (Å²) in [6, 6.07) is 3.89. The first-order valence-corrected chi connectivity index (χ1v) is 6.45. The smallest absolute Gasteiger partial charge is 0.177 e. The number of benzene rings is 1. The predicted octanol–water partition coefficient (Wildman–Crippen LogP) is 3.44. The van der Waals surface area contributed by atoms with Crippen LogP contribution < -0.4 is 10.5 Å². The summed E-state index contributed by atoms with van der Waals surface area (Å²) < 4.78 is 11.0. The summed E-state index contributed by atoms with van der Waals surface area (Å²) in [5.74, 6) is 1.55. The minimum Gasteiger partial charge on any atom is -0.493 e. The van der Waals surface area contributed by atoms with Crippen LogP contribution in [0.2, 0.25) is 5.02 Å². The maximum atomic E-state index is 6.45. The van der Waals surface area contributed by atoms with Crippen molar-refractivity contribution in [3.05, 3.63) is 28.5 Å². The average Bonchev–Trinajstić information content (AvgIpc) is 2.91. The Kier molecular flexibility index (Phi) is 2.57. The van der Waals surface area contributed by atoms with Gasteiger partial charge in [0.15, 0.2) is 11.3 Å². The summed E-state index contributed by atoms with van der Waals surface area (Å²) in [5, 5.41) is 1.65. The molecule has 2 aromatic rings. The van der Waals surface area contributed by atoms with Gasteiger partial charge in [0.05, 0.1) is 12.1 Å². The van der Waals surface area contributed by atoms with Gasteiger partial charge in [-0.1, -0.05) is 11.6 Å². The molecular formula is C14H16ClNO2. The van der Waals surface area contributed by atoms with E-state index in [1.807, 2.05) is 19.1 Å². The number of nitrogens with two attached hydrogens (primary N) is 1. The van der Waals surface area contributed by atoms with Gasteiger partial charge in [-0.2, -0.15) is 0 Å². The van der Waals surface area contributed by atoms with Crippen molar-refractivity contribution in [2.75, 3.05) is 7.11 Å². The van der Waals surface area contributed by atoms with Crippen molar-refractivity contribution >= 4 is 22.6 Å². The number of methoxy groups -OCH3 is 1. The SMILES string of the molecule is COc1cc(CC2(N)CC2)c(Cl)c2cc(C)oc12. The zero-order valence-electron chi connectivity index (χ0n) is 10.5. The number of fused-ring (bicyclic) bond motifs is 1. The van der Waals surface area contributed by atoms with Crippen LogP contribution in [-0.2, 0) is 6.42 Å². The van der Waals surface area contributed by atoms with Crippen LogP contribution in [-0.4, -0.2) is 12.6 Å². The number of rotatable bonds is 3. The third-order valence-electron chi connectivity index (χ3n) is 3.56. The number of ether oxygens (including phenoxy) is 1. The van der Waals surface area contributed by atoms with Gasteiger partial charge in [-0.25, -0.2) is 0 Å². The number of halogens is 1. The van der Waals surface area contributed by atoms with Gasteiger partial charge in [-0.15, -0.1) is 0 Å². The number of hydrogen-bond donors (Lipinski definition) is 1. The molecule has 2 N–H and O–H groups in total. The Morgan fingerprint density at radius 1 is 1.44 bits per heavy atom. The Bertz CT molecular complexity index is 614. The van der Waals surface area contributed by atoms with Crippen molar-refractivity contribution in [3.63, 3.8) is 0 Å². The molecule has 3 nitrogen and oxygen atoms in total. The van der Waals surface area contributed by atoms with Crippen LogP contribution in [0, 0.1) is 6.92 Å². The molecule has 0 bridgehead atoms. The summed E-state index contributed by atoms with van der Waals surface area (Å²) in [6.45, 7) is 1.90. The number of hydrogen-bond acceptors (Lipinski definition) is 3. The first-order valence-electron chi connectivity index (χ1n) is 6.07. The van der Waals surface area contributed by atoms with Crippen molar-refractivity contribution in [2.24, 2.45) is 5.73 Å². The van der Waals surface area contributed by atoms with E-state index in [1.54, 1.807) is 7.11 Å². The summed E-state index contributed by atoms with van der Waals surface area (Å²) >= 11 is 6.45. The van der Waals surface area contributed by atoms with Crippen molar-refractivity contribution in [1.29, 1.82) is 0 Å². The van der Waals surface area contributed by atoms with Crippen molar-refractivity contribution in [1.82, 2.24) is 0 Å². The molecule has 0 amide bonds. The predicted molar refractivity (Wildman–Crippen MR) is 72.4 cm³/mol. The van der Waals surface area contributed by atoms with E-state index < -0.39 is 0 Å². The van der Waals surface area contributed by atoms with Crippen molar-refractivity contribution in [3.8, 4) is 5.75 Å². The molecule has 1 aliphatic rings. The van der Waals surface area contributed by atoms with Gasteiger partial charge in [0, 0.05) is 10.9 Å². The molecular weight excluding hydrogens is 250 g/mol. The van der Waals surface area contributed by atoms with Gasteiger partial charge in [-0.3, -0.25) is 0 Å². The highest BCUT2D eigenvalue weighted by atomic mass is 35.5. The molecule has 96 valence electrons. The van der Waals surface area contributed by atoms with Crippen molar-refractivity contribution < 1.29 is 9.15 Å². The van der Waals surface area contributed by atoms with Crippen molar-refractivity contribution in [2.45, 2.75) is 31.7 Å². The Hall–Kier alpha value is -1.19. The highest BCUT2D eigenvalue weighted by molar-refractivity contribution is 6.36. The average molecular weight is 266 g/mol. The van der Waals surface area contributed by atoms with Gasteiger partial charge in [0.2, 0.25) is 0 Å². The van der Waals surface area contributed by atoms with E-state index in [4.69, 9.17) is 26.5 Å². The third-order valence-corrected chi connectivity index (χ3v) is 4.00. The van der Waals surface area contributed by atoms with Crippen LogP contribution in [0.4, 0.5) is 0 Å². The quantitative estimate of drug-likeness (QED) is 0.925. The Morgan fingerprint density at radius 2 is 2.17 bits per heavy atom. The first kappa shape index (κ1) is 11.9. The second-order valence-electron chi connectivity index (χ2n) is 5.19. The largest absolute Gasteiger partial charge is 0.493 e. The fourth-order valence-corrected chi connectivity index (χ4v) is 2.58. The molecule has 0 radical (unpaired) electrons. The van der Waals surface area contributed by atoms with Crippen LogP contribution >= 0.6 is 11.6 Å². The molecule has 0 aliphatic heterocycles. The van der Waals surface area contributed by atoms with Gasteiger partial charge in [0.1, 0.15) is 5.76 Å². The van der Waals surface area contributed by atoms with Gasteiger partial charge >= 0.3 is 0 Å². The number of furan rings is 1. The van der Waals surface area contributed by atoms with Gasteiger partial charge in [-0.05, 0) is 43.9 Å². The fourth-order valence-electron chi connectivity index (χ4n) is 2.32. The normalized spacial score (nSPS) is 17.1. The molecule has 1 aliphatic carbocycles. The first-order chi connectivity index (χ1) is 8.52. The summed E-state index contributed by atoms with van der Waals surface area (Å²) in [5.41, 5.74) is 7.85. The van der Waals surface area contributed by atoms with Crippen LogP contribution in [0.5, 0.6) is 5.75 Å². The lowest BCUT2D eigenvalue weighted by Crippen LogP contribution is -2.24. The van der Waals surface area contributed by atoms with Crippen LogP contribution in [0.15, 0.2) is 16.5 Å². The summed E-state index contributed by atoms with van der Waals surface area (Å²) in [7, 11) is 1.64. The number of aryl methyl sites for hydroxylation is 1. The zero-order chi connectivity index (χ0) is 12.9. The molecule has 1 saturated carbocycles. The minimum atomic E-state index is -0.0683. The zero-order valence-corrected chi connectivity index (χ0v) is 11.3. The standard InChI is InChI=1S/C14H16ClNO2/c1-8-5-10-12(15)9(7-14(16)3-4-14)6-11(17-2)13(10)18-8/h5-6H,3-4,7,16H2,1-2H3. The van der Waals surface area contributed by atoms with E-state index in [-0.39, 0.29) is 5.54 Å². The van der Waals surface area contributed by atoms with Crippen LogP contribution in [0.3, 0.4) is 0 Å². The van der Waals surface area contributed by atoms with Crippen LogP contribution in [0.25, 0.3) is 11.0 Å². The molecule has 0 unspecified atom stereocenters. The minimum absolute atomic E-state index is 0.0683. The van der Waals surface area contributed by atoms with E-state index in [9.17, 15) is 0 Å². The van der Waals surface area contributed by atoms with Gasteiger partial charge in [0.25, 0.3) is 0 Å². The van der Waals surface area contributed by atoms with E-state index in [2.05, 4.69) is 0 Å². The fraction of sp³-hybridized carbons (Fsp3) is 0.429. The van der Waals surface area contributed by atoms with E-state index in [1.165, 1.54) is 0 Å². The molecule has 3 rings (SSSR count). The maximum Gasteiger partial charge on any atom is 0.177 e. The molecule has 1 fully saturated rings. The van der Waals surface area contributed by atoms with Crippen LogP contribution in [0.1, 0.15) is 24.2 Å². The lowest BCUT2D eigenvalue weighted by Gasteiger charge is -2.12. The Balaban J connectivity index is 2.16. The molecule has 0 atom stereocenters. The molecule has 1 aromatic carbocycles. The second-order valence-corrected chi connectivity index (χ2v) is 5.57. The lowest BCUT2D eigenvalue weighted by molar-refractivity contribution is 0.408. The third kappa shape index (κ3) is 1.88. The molecule has 0 spiro atoms. The molecule has 1 heterocycles. The highest BCUT2D eigenvalue weighted by Gasteiger charge is 2.38. The molecule has 0 saturated heterocycles. The molecule has 4 heteroatoms. The molecule has 18 heavy (non-hydrogen) atoms. The topological polar surface area (TPSA) is 48.4 Å². The molecule has 1 aromatic heterocycles. The second kappa shape index (κ2) is 3.90. The highest BCUT2D eigenvalue weighted by Crippen LogP contribution is 2.42. The van der Waals surface area contributed by atoms with Gasteiger partial charge < -0.3 is 14.9 Å². The van der Waals surface area contributed by atoms with E-state index in [0.717, 1.165) is 46.7 Å². The van der Waals surface area contributed by atoms with E-state index >= 15 is 0 Å². The Morgan fingerprint density at radius 3 is 2.78 bits per heavy atom. The summed E-state index contributed by atoms with van der Waals surface area (Å²) in [6.07, 6.45) is 2.92. The summed E-state index contributed by atoms with van der Waals surface area (Å²) in [4.78, 5) is 0. The monoisotopic (exact) mass is 265 g/mol. The van der Waals surface area contributed by atoms with E-state index in [0.29, 0.717) is 5.58 Å². The Labute approximate surface area is 111 Å².